The molecule has 0 spiro atoms. The van der Waals surface area contributed by atoms with E-state index in [2.05, 4.69) is 132 Å². The Bertz CT molecular complexity index is 3630. The fraction of sp³-hybridized carbons (Fsp3) is 0.661. The van der Waals surface area contributed by atoms with Crippen LogP contribution in [0.2, 0.25) is 36.3 Å². The number of nitrogens with zero attached hydrogens (tertiary/aromatic N) is 2. The lowest BCUT2D eigenvalue weighted by molar-refractivity contribution is -0.0233. The van der Waals surface area contributed by atoms with Crippen molar-refractivity contribution < 1.29 is 64.2 Å². The number of aromatic nitrogens is 8. The van der Waals surface area contributed by atoms with E-state index in [1.54, 1.807) is 0 Å². The van der Waals surface area contributed by atoms with Crippen molar-refractivity contribution in [2.45, 2.75) is 217 Å². The minimum atomic E-state index is -2.08. The first-order chi connectivity index (χ1) is 42.3. The Balaban J connectivity index is 0.000000258. The van der Waals surface area contributed by atoms with Gasteiger partial charge in [0.15, 0.2) is 16.6 Å². The molecule has 502 valence electrons. The Morgan fingerprint density at radius 3 is 1.16 bits per heavy atom. The number of terminal acetylenes is 2. The number of nitrogens with one attached hydrogen (secondary N) is 6. The Hall–Kier alpha value is -6.28. The molecule has 4 aliphatic rings. The molecule has 28 nitrogen and oxygen atoms in total. The molecule has 0 amide bonds. The van der Waals surface area contributed by atoms with E-state index >= 15 is 0 Å². The topological polar surface area (TPSA) is 418 Å². The fourth-order valence-electron chi connectivity index (χ4n) is 10.0. The molecule has 90 heavy (non-hydrogen) atoms. The van der Waals surface area contributed by atoms with Crippen LogP contribution < -0.4 is 45.0 Å². The molecule has 4 aliphatic heterocycles. The SMILES string of the molecule is C#CCn1cc([C@@H]2O[C@H](CC)C(C)[C@@H]2O[Si](C)(C)C(C)(C)C)c(=O)[nH]c1=O.C#CCn1cc([C@@H]2O[C@H](CO)C(O)[C@@H]2O)c(=O)[nH]c1=O.CC[C@H]1O[C@@H](c2c[nH]c(=O)[nH]c2=O)[C@@H](O[Si](C)(C)C(C)(C)C)C1C.O=c1[nH]cc([C@@H]2O[C@H](CO)C(O)[C@@H]2O)c(=O)[nH]1.[2H]CF. The zero-order valence-electron chi connectivity index (χ0n) is 54.3. The smallest absolute Gasteiger partial charge is 0.329 e. The Kier molecular flexibility index (Phi) is 26.3. The molecule has 4 fully saturated rings. The molecule has 0 aliphatic carbocycles. The molecular formula is C59H91FN8O20Si2. The van der Waals surface area contributed by atoms with Crippen LogP contribution in [0.4, 0.5) is 4.39 Å². The maximum Gasteiger partial charge on any atom is 0.329 e. The van der Waals surface area contributed by atoms with Crippen LogP contribution in [-0.4, -0.2) is 168 Å². The van der Waals surface area contributed by atoms with E-state index in [4.69, 9.17) is 52.2 Å². The van der Waals surface area contributed by atoms with Gasteiger partial charge in [-0.15, -0.1) is 12.8 Å². The maximum absolute atomic E-state index is 12.5. The van der Waals surface area contributed by atoms with Crippen LogP contribution in [0, 0.1) is 36.5 Å². The van der Waals surface area contributed by atoms with Crippen LogP contribution in [0.1, 0.15) is 130 Å². The van der Waals surface area contributed by atoms with E-state index in [1.165, 1.54) is 23.2 Å². The number of hydrogen-bond acceptors (Lipinski definition) is 20. The second-order valence-corrected chi connectivity index (χ2v) is 34.8. The van der Waals surface area contributed by atoms with E-state index < -0.39 is 143 Å². The van der Waals surface area contributed by atoms with Gasteiger partial charge < -0.3 is 68.4 Å². The van der Waals surface area contributed by atoms with Gasteiger partial charge in [-0.3, -0.25) is 52.6 Å². The highest BCUT2D eigenvalue weighted by atomic mass is 28.4. The molecule has 4 aromatic rings. The van der Waals surface area contributed by atoms with Gasteiger partial charge in [-0.05, 0) is 49.1 Å². The second-order valence-electron chi connectivity index (χ2n) is 25.3. The third-order valence-electron chi connectivity index (χ3n) is 17.3. The van der Waals surface area contributed by atoms with Crippen LogP contribution in [-0.2, 0) is 40.9 Å². The number of hydrogen-bond donors (Lipinski definition) is 12. The van der Waals surface area contributed by atoms with Crippen LogP contribution in [0.3, 0.4) is 0 Å². The maximum atomic E-state index is 12.5. The van der Waals surface area contributed by atoms with Crippen molar-refractivity contribution in [1.82, 2.24) is 39.0 Å². The molecule has 0 radical (unpaired) electrons. The summed E-state index contributed by atoms with van der Waals surface area (Å²) in [5, 5.41) is 56.7. The monoisotopic (exact) mass is 1310 g/mol. The summed E-state index contributed by atoms with van der Waals surface area (Å²) < 4.78 is 54.0. The molecule has 8 heterocycles. The van der Waals surface area contributed by atoms with Crippen LogP contribution in [0.5, 0.6) is 0 Å². The number of rotatable bonds is 14. The first kappa shape index (κ1) is 74.5. The Morgan fingerprint density at radius 2 is 0.856 bits per heavy atom. The highest BCUT2D eigenvalue weighted by Crippen LogP contribution is 2.47. The number of halogens is 1. The predicted molar refractivity (Wildman–Crippen MR) is 334 cm³/mol. The Morgan fingerprint density at radius 1 is 0.556 bits per heavy atom. The average Bonchev–Trinajstić information content (AvgIpc) is 1.82. The number of aromatic amines is 6. The number of H-pyrrole nitrogens is 6. The molecule has 0 saturated carbocycles. The summed E-state index contributed by atoms with van der Waals surface area (Å²) >= 11 is 0. The number of aliphatic hydroxyl groups excluding tert-OH is 6. The second kappa shape index (κ2) is 31.8. The van der Waals surface area contributed by atoms with E-state index in [9.17, 15) is 63.2 Å². The van der Waals surface area contributed by atoms with E-state index in [-0.39, 0.29) is 70.5 Å². The van der Waals surface area contributed by atoms with Crippen molar-refractivity contribution in [2.75, 3.05) is 20.4 Å². The molecule has 12 N–H and O–H groups in total. The third kappa shape index (κ3) is 17.6. The molecule has 0 bridgehead atoms. The molecule has 4 unspecified atom stereocenters. The number of ether oxygens (including phenoxy) is 4. The van der Waals surface area contributed by atoms with E-state index in [0.29, 0.717) is 11.1 Å². The van der Waals surface area contributed by atoms with Crippen molar-refractivity contribution in [1.29, 1.82) is 0 Å². The van der Waals surface area contributed by atoms with Gasteiger partial charge in [0.25, 0.3) is 22.2 Å². The van der Waals surface area contributed by atoms with Crippen molar-refractivity contribution in [3.05, 3.63) is 130 Å². The van der Waals surface area contributed by atoms with Gasteiger partial charge >= 0.3 is 22.8 Å². The molecular weight excluding hydrogens is 1220 g/mol. The summed E-state index contributed by atoms with van der Waals surface area (Å²) in [5.74, 6) is 5.01. The van der Waals surface area contributed by atoms with Gasteiger partial charge in [0.1, 0.15) is 61.0 Å². The molecule has 0 aromatic carbocycles. The van der Waals surface area contributed by atoms with Crippen LogP contribution in [0.25, 0.3) is 0 Å². The molecule has 8 rings (SSSR count). The zero-order chi connectivity index (χ0) is 69.0. The predicted octanol–water partition coefficient (Wildman–Crippen LogP) is 1.11. The number of aliphatic hydroxyl groups is 6. The van der Waals surface area contributed by atoms with Crippen molar-refractivity contribution >= 4 is 16.6 Å². The first-order valence-corrected chi connectivity index (χ1v) is 35.1. The summed E-state index contributed by atoms with van der Waals surface area (Å²) in [5.41, 5.74) is -3.88. The lowest BCUT2D eigenvalue weighted by atomic mass is 9.95. The summed E-state index contributed by atoms with van der Waals surface area (Å²) in [7, 11) is -5.10. The van der Waals surface area contributed by atoms with Crippen molar-refractivity contribution in [3.63, 3.8) is 0 Å². The highest BCUT2D eigenvalue weighted by Gasteiger charge is 2.51. The minimum Gasteiger partial charge on any atom is -0.411 e. The molecule has 4 saturated heterocycles. The van der Waals surface area contributed by atoms with Gasteiger partial charge in [-0.25, -0.2) is 19.2 Å². The lowest BCUT2D eigenvalue weighted by Crippen LogP contribution is -2.46. The number of alkyl halides is 1. The molecule has 16 atom stereocenters. The first-order valence-electron chi connectivity index (χ1n) is 30.0. The van der Waals surface area contributed by atoms with Crippen molar-refractivity contribution in [3.8, 4) is 24.7 Å². The standard InChI is InChI=1S/C20H32N2O4Si.C17H30N2O4Si.C12H14N2O6.C9H12N2O6.CH3F/c1-9-11-22-12-14(18(23)21-19(22)24)17-16(13(3)15(10-2)25-17)26-27(7,8)20(4,5)6;1-8-12-10(2)13(23-24(6,7)17(3,4)5)14(22-12)11-9-18-16(21)19-15(11)20;1-2-3-14-4-6(11(18)13-12(14)19)10-9(17)8(16)7(5-15)20-10;12-2-4-5(13)6(14)7(17-4)3-1-10-9(16)11-8(3)15;1-2/h1,12-13,15-17H,10-11H2,2-8H3,(H,21,23,24);9-10,12-14H,8H2,1-7H3,(H2,18,19,20,21);1,4,7-10,15-17H,3,5H2,(H,13,18,19);1,4-7,12-14H,2H2,(H2,10,11,15,16);1H3/t13?,15-,16+,17+;10?,12-,13+,14+;7-,8?,9+,10+;4-,5?,6+,7+;/m1111./s1/i;;;;1D. The van der Waals surface area contributed by atoms with Crippen LogP contribution >= 0.6 is 0 Å². The van der Waals surface area contributed by atoms with Gasteiger partial charge in [0.2, 0.25) is 0 Å². The minimum absolute atomic E-state index is 0.00261. The Labute approximate surface area is 522 Å². The summed E-state index contributed by atoms with van der Waals surface area (Å²) in [6.45, 7) is 29.4. The summed E-state index contributed by atoms with van der Waals surface area (Å²) in [4.78, 5) is 107. The van der Waals surface area contributed by atoms with E-state index in [1.807, 2.05) is 4.98 Å². The fourth-order valence-corrected chi connectivity index (χ4v) is 12.8. The highest BCUT2D eigenvalue weighted by molar-refractivity contribution is 6.74. The van der Waals surface area contributed by atoms with E-state index in [0.717, 1.165) is 23.6 Å². The van der Waals surface area contributed by atoms with Gasteiger partial charge in [-0.2, -0.15) is 0 Å². The van der Waals surface area contributed by atoms with Gasteiger partial charge in [-0.1, -0.05) is 81.1 Å². The largest absolute Gasteiger partial charge is 0.411 e. The van der Waals surface area contributed by atoms with Crippen molar-refractivity contribution in [2.24, 2.45) is 11.8 Å². The lowest BCUT2D eigenvalue weighted by Gasteiger charge is -2.40. The molecule has 4 aromatic heterocycles. The molecule has 31 heteroatoms. The van der Waals surface area contributed by atoms with Gasteiger partial charge in [0, 0.05) is 36.6 Å². The van der Waals surface area contributed by atoms with Gasteiger partial charge in [0.05, 0.1) is 81.5 Å². The normalized spacial score (nSPS) is 28.3. The summed E-state index contributed by atoms with van der Waals surface area (Å²) in [6, 6.07) is 0. The average molecular weight is 1310 g/mol. The third-order valence-corrected chi connectivity index (χ3v) is 26.3. The summed E-state index contributed by atoms with van der Waals surface area (Å²) in [6.07, 6.45) is 6.54. The zero-order valence-corrected chi connectivity index (χ0v) is 55.3. The van der Waals surface area contributed by atoms with Crippen LogP contribution in [0.15, 0.2) is 63.1 Å². The quantitative estimate of drug-likeness (QED) is 0.0621.